The van der Waals surface area contributed by atoms with Crippen LogP contribution in [-0.2, 0) is 24.7 Å². The minimum atomic E-state index is 0.0518. The van der Waals surface area contributed by atoms with Crippen LogP contribution in [0.4, 0.5) is 17.2 Å². The van der Waals surface area contributed by atoms with Gasteiger partial charge in [-0.25, -0.2) is 9.97 Å². The number of nitrogens with zero attached hydrogens (tertiary/aromatic N) is 5. The fourth-order valence-electron chi connectivity index (χ4n) is 4.17. The Bertz CT molecular complexity index is 1350. The van der Waals surface area contributed by atoms with Crippen LogP contribution in [0.1, 0.15) is 11.3 Å². The minimum Gasteiger partial charge on any atom is -0.493 e. The molecule has 4 aromatic rings. The maximum Gasteiger partial charge on any atom is 0.233 e. The van der Waals surface area contributed by atoms with Crippen molar-refractivity contribution in [2.75, 3.05) is 31.0 Å². The molecular weight excluding hydrogens is 420 g/mol. The quantitative estimate of drug-likeness (QED) is 0.488. The molecule has 168 valence electrons. The summed E-state index contributed by atoms with van der Waals surface area (Å²) in [5.74, 6) is 1.94. The highest BCUT2D eigenvalue weighted by molar-refractivity contribution is 5.97. The van der Waals surface area contributed by atoms with E-state index in [4.69, 9.17) is 9.47 Å². The van der Waals surface area contributed by atoms with E-state index < -0.39 is 0 Å². The second kappa shape index (κ2) is 8.42. The SMILES string of the molecule is COc1cc2ncnc(Nc3ccc4c(c3)CCN4C(=O)Cc3ccn(C)n3)c2cc1OC. The molecule has 0 unspecified atom stereocenters. The number of benzene rings is 2. The first-order valence-corrected chi connectivity index (χ1v) is 10.6. The van der Waals surface area contributed by atoms with Gasteiger partial charge in [-0.3, -0.25) is 9.48 Å². The topological polar surface area (TPSA) is 94.4 Å². The number of hydrogen-bond donors (Lipinski definition) is 1. The first-order valence-electron chi connectivity index (χ1n) is 10.6. The van der Waals surface area contributed by atoms with Crippen LogP contribution >= 0.6 is 0 Å². The zero-order valence-corrected chi connectivity index (χ0v) is 18.7. The van der Waals surface area contributed by atoms with E-state index in [-0.39, 0.29) is 5.91 Å². The summed E-state index contributed by atoms with van der Waals surface area (Å²) in [4.78, 5) is 23.5. The lowest BCUT2D eigenvalue weighted by molar-refractivity contribution is -0.117. The Labute approximate surface area is 191 Å². The van der Waals surface area contributed by atoms with Gasteiger partial charge in [0.25, 0.3) is 0 Å². The number of methoxy groups -OCH3 is 2. The number of anilines is 3. The third kappa shape index (κ3) is 3.93. The van der Waals surface area contributed by atoms with Gasteiger partial charge >= 0.3 is 0 Å². The second-order valence-corrected chi connectivity index (χ2v) is 7.87. The molecule has 0 fully saturated rings. The van der Waals surface area contributed by atoms with Crippen molar-refractivity contribution in [3.8, 4) is 11.5 Å². The molecular formula is C24H24N6O3. The number of aromatic nitrogens is 4. The summed E-state index contributed by atoms with van der Waals surface area (Å²) in [6, 6.07) is 11.6. The van der Waals surface area contributed by atoms with Gasteiger partial charge in [-0.15, -0.1) is 0 Å². The Morgan fingerprint density at radius 3 is 2.67 bits per heavy atom. The van der Waals surface area contributed by atoms with Crippen LogP contribution < -0.4 is 19.7 Å². The van der Waals surface area contributed by atoms with Gasteiger partial charge in [0, 0.05) is 42.6 Å². The molecule has 33 heavy (non-hydrogen) atoms. The summed E-state index contributed by atoms with van der Waals surface area (Å²) in [7, 11) is 5.04. The van der Waals surface area contributed by atoms with Crippen molar-refractivity contribution in [1.82, 2.24) is 19.7 Å². The molecule has 9 heteroatoms. The Kier molecular flexibility index (Phi) is 5.29. The maximum atomic E-state index is 12.8. The molecule has 5 rings (SSSR count). The van der Waals surface area contributed by atoms with Crippen LogP contribution in [-0.4, -0.2) is 46.4 Å². The Morgan fingerprint density at radius 2 is 1.91 bits per heavy atom. The number of aryl methyl sites for hydroxylation is 1. The minimum absolute atomic E-state index is 0.0518. The number of amides is 1. The van der Waals surface area contributed by atoms with Gasteiger partial charge in [-0.1, -0.05) is 0 Å². The van der Waals surface area contributed by atoms with Crippen LogP contribution in [0.15, 0.2) is 48.9 Å². The number of carbonyl (C=O) groups is 1. The molecule has 9 nitrogen and oxygen atoms in total. The van der Waals surface area contributed by atoms with Crippen LogP contribution in [0.5, 0.6) is 11.5 Å². The summed E-state index contributed by atoms with van der Waals surface area (Å²) in [5, 5.41) is 8.53. The Morgan fingerprint density at radius 1 is 1.09 bits per heavy atom. The van der Waals surface area contributed by atoms with Crippen molar-refractivity contribution in [1.29, 1.82) is 0 Å². The van der Waals surface area contributed by atoms with E-state index in [2.05, 4.69) is 26.4 Å². The molecule has 0 radical (unpaired) electrons. The molecule has 0 bridgehead atoms. The lowest BCUT2D eigenvalue weighted by atomic mass is 10.1. The number of nitrogens with one attached hydrogen (secondary N) is 1. The Balaban J connectivity index is 1.39. The Hall–Kier alpha value is -4.14. The van der Waals surface area contributed by atoms with E-state index in [1.54, 1.807) is 18.9 Å². The monoisotopic (exact) mass is 444 g/mol. The molecule has 2 aromatic heterocycles. The summed E-state index contributed by atoms with van der Waals surface area (Å²) in [6.45, 7) is 0.665. The van der Waals surface area contributed by atoms with E-state index in [9.17, 15) is 4.79 Å². The van der Waals surface area contributed by atoms with Crippen molar-refractivity contribution >= 4 is 34.0 Å². The predicted octanol–water partition coefficient (Wildman–Crippen LogP) is 3.26. The normalized spacial score (nSPS) is 12.6. The molecule has 1 aliphatic heterocycles. The van der Waals surface area contributed by atoms with E-state index in [1.807, 2.05) is 48.5 Å². The molecule has 3 heterocycles. The molecule has 1 aliphatic rings. The number of carbonyl (C=O) groups excluding carboxylic acids is 1. The number of rotatable bonds is 6. The standard InChI is InChI=1S/C24H24N6O3/c1-29-8-7-17(28-29)11-23(31)30-9-6-15-10-16(4-5-20(15)30)27-24-18-12-21(32-2)22(33-3)13-19(18)25-14-26-24/h4-5,7-8,10,12-14H,6,9,11H2,1-3H3,(H,25,26,27). The molecule has 0 saturated carbocycles. The highest BCUT2D eigenvalue weighted by atomic mass is 16.5. The van der Waals surface area contributed by atoms with Gasteiger partial charge in [-0.2, -0.15) is 5.10 Å². The third-order valence-electron chi connectivity index (χ3n) is 5.78. The molecule has 1 amide bonds. The van der Waals surface area contributed by atoms with Crippen molar-refractivity contribution in [2.45, 2.75) is 12.8 Å². The average molecular weight is 444 g/mol. The van der Waals surface area contributed by atoms with Crippen molar-refractivity contribution in [3.05, 3.63) is 60.2 Å². The largest absolute Gasteiger partial charge is 0.493 e. The highest BCUT2D eigenvalue weighted by Crippen LogP contribution is 2.36. The van der Waals surface area contributed by atoms with E-state index in [0.29, 0.717) is 30.3 Å². The van der Waals surface area contributed by atoms with Crippen molar-refractivity contribution < 1.29 is 14.3 Å². The van der Waals surface area contributed by atoms with Crippen LogP contribution in [0, 0.1) is 0 Å². The van der Waals surface area contributed by atoms with Gasteiger partial charge in [-0.05, 0) is 42.3 Å². The van der Waals surface area contributed by atoms with E-state index >= 15 is 0 Å². The number of hydrogen-bond acceptors (Lipinski definition) is 7. The molecule has 0 aliphatic carbocycles. The molecule has 0 atom stereocenters. The zero-order chi connectivity index (χ0) is 22.9. The fourth-order valence-corrected chi connectivity index (χ4v) is 4.17. The molecule has 0 saturated heterocycles. The summed E-state index contributed by atoms with van der Waals surface area (Å²) in [6.07, 6.45) is 4.45. The first-order chi connectivity index (χ1) is 16.1. The van der Waals surface area contributed by atoms with Gasteiger partial charge in [0.1, 0.15) is 12.1 Å². The van der Waals surface area contributed by atoms with Crippen molar-refractivity contribution in [2.24, 2.45) is 7.05 Å². The van der Waals surface area contributed by atoms with Crippen LogP contribution in [0.3, 0.4) is 0 Å². The number of ether oxygens (including phenoxy) is 2. The summed E-state index contributed by atoms with van der Waals surface area (Å²) in [5.41, 5.74) is 4.48. The average Bonchev–Trinajstić information content (AvgIpc) is 3.43. The first kappa shape index (κ1) is 20.7. The van der Waals surface area contributed by atoms with Gasteiger partial charge < -0.3 is 19.7 Å². The van der Waals surface area contributed by atoms with E-state index in [0.717, 1.165) is 40.0 Å². The highest BCUT2D eigenvalue weighted by Gasteiger charge is 2.25. The smallest absolute Gasteiger partial charge is 0.233 e. The van der Waals surface area contributed by atoms with Gasteiger partial charge in [0.05, 0.1) is 31.9 Å². The van der Waals surface area contributed by atoms with Crippen LogP contribution in [0.25, 0.3) is 10.9 Å². The molecule has 0 spiro atoms. The van der Waals surface area contributed by atoms with Crippen LogP contribution in [0.2, 0.25) is 0 Å². The second-order valence-electron chi connectivity index (χ2n) is 7.87. The summed E-state index contributed by atoms with van der Waals surface area (Å²) < 4.78 is 12.5. The summed E-state index contributed by atoms with van der Waals surface area (Å²) >= 11 is 0. The lowest BCUT2D eigenvalue weighted by Gasteiger charge is -2.17. The maximum absolute atomic E-state index is 12.8. The number of fused-ring (bicyclic) bond motifs is 2. The molecule has 2 aromatic carbocycles. The van der Waals surface area contributed by atoms with E-state index in [1.165, 1.54) is 6.33 Å². The van der Waals surface area contributed by atoms with Crippen molar-refractivity contribution in [3.63, 3.8) is 0 Å². The fraction of sp³-hybridized carbons (Fsp3) is 0.250. The molecule has 1 N–H and O–H groups in total. The van der Waals surface area contributed by atoms with Gasteiger partial charge in [0.2, 0.25) is 5.91 Å². The zero-order valence-electron chi connectivity index (χ0n) is 18.7. The predicted molar refractivity (Wildman–Crippen MR) is 125 cm³/mol. The van der Waals surface area contributed by atoms with Gasteiger partial charge in [0.15, 0.2) is 11.5 Å². The lowest BCUT2D eigenvalue weighted by Crippen LogP contribution is -2.30. The third-order valence-corrected chi connectivity index (χ3v) is 5.78.